The second kappa shape index (κ2) is 6.72. The predicted octanol–water partition coefficient (Wildman–Crippen LogP) is 1.76. The van der Waals surface area contributed by atoms with Gasteiger partial charge >= 0.3 is 0 Å². The zero-order chi connectivity index (χ0) is 18.2. The van der Waals surface area contributed by atoms with E-state index in [1.165, 1.54) is 29.6 Å². The fourth-order valence-corrected chi connectivity index (χ4v) is 4.28. The van der Waals surface area contributed by atoms with Crippen LogP contribution in [0.1, 0.15) is 24.1 Å². The number of amides is 1. The molecule has 3 aromatic heterocycles. The summed E-state index contributed by atoms with van der Waals surface area (Å²) in [4.78, 5) is 21.5. The van der Waals surface area contributed by atoms with Crippen LogP contribution in [0.15, 0.2) is 36.9 Å². The van der Waals surface area contributed by atoms with Crippen LogP contribution in [0.5, 0.6) is 0 Å². The minimum Gasteiger partial charge on any atom is -0.351 e. The fourth-order valence-electron chi connectivity index (χ4n) is 4.28. The molecule has 1 aliphatic carbocycles. The van der Waals surface area contributed by atoms with Crippen LogP contribution in [-0.2, 0) is 24.2 Å². The molecule has 3 aromatic rings. The number of carbonyl (C=O) groups is 1. The lowest BCUT2D eigenvalue weighted by Crippen LogP contribution is -2.50. The summed E-state index contributed by atoms with van der Waals surface area (Å²) in [5.41, 5.74) is 3.77. The second-order valence-corrected chi connectivity index (χ2v) is 7.40. The third-order valence-electron chi connectivity index (χ3n) is 5.71. The van der Waals surface area contributed by atoms with E-state index < -0.39 is 0 Å². The van der Waals surface area contributed by atoms with E-state index in [0.29, 0.717) is 6.54 Å². The second-order valence-electron chi connectivity index (χ2n) is 7.40. The average Bonchev–Trinajstić information content (AvgIpc) is 3.35. The molecule has 1 amide bonds. The summed E-state index contributed by atoms with van der Waals surface area (Å²) in [5, 5.41) is 4.78. The molecule has 140 valence electrons. The molecule has 1 fully saturated rings. The third-order valence-corrected chi connectivity index (χ3v) is 5.71. The van der Waals surface area contributed by atoms with Crippen LogP contribution in [0.4, 0.5) is 5.82 Å². The van der Waals surface area contributed by atoms with Gasteiger partial charge in [0.15, 0.2) is 5.82 Å². The van der Waals surface area contributed by atoms with Gasteiger partial charge in [0.2, 0.25) is 5.91 Å². The van der Waals surface area contributed by atoms with Crippen LogP contribution in [0.2, 0.25) is 0 Å². The van der Waals surface area contributed by atoms with Crippen molar-refractivity contribution in [3.63, 3.8) is 0 Å². The van der Waals surface area contributed by atoms with Crippen molar-refractivity contribution in [1.29, 1.82) is 0 Å². The maximum absolute atomic E-state index is 12.5. The molecule has 0 radical (unpaired) electrons. The minimum atomic E-state index is 0.179. The van der Waals surface area contributed by atoms with Gasteiger partial charge in [0.05, 0.1) is 5.69 Å². The molecule has 27 heavy (non-hydrogen) atoms. The molecule has 7 heteroatoms. The Labute approximate surface area is 158 Å². The van der Waals surface area contributed by atoms with Crippen LogP contribution >= 0.6 is 0 Å². The lowest BCUT2D eigenvalue weighted by molar-refractivity contribution is -0.132. The number of rotatable bonds is 3. The van der Waals surface area contributed by atoms with Crippen LogP contribution in [0.3, 0.4) is 0 Å². The van der Waals surface area contributed by atoms with Crippen molar-refractivity contribution in [2.45, 2.75) is 32.2 Å². The van der Waals surface area contributed by atoms with Gasteiger partial charge in [-0.25, -0.2) is 9.50 Å². The first-order valence-electron chi connectivity index (χ1n) is 9.78. The summed E-state index contributed by atoms with van der Waals surface area (Å²) >= 11 is 0. The number of carbonyl (C=O) groups excluding carboxylic acids is 1. The number of aromatic nitrogens is 4. The molecule has 4 heterocycles. The Morgan fingerprint density at radius 3 is 2.59 bits per heavy atom. The van der Waals surface area contributed by atoms with E-state index in [9.17, 15) is 4.79 Å². The Morgan fingerprint density at radius 2 is 1.78 bits per heavy atom. The molecular weight excluding hydrogens is 340 g/mol. The molecule has 0 aromatic carbocycles. The van der Waals surface area contributed by atoms with Crippen LogP contribution in [-0.4, -0.2) is 56.2 Å². The Hall–Kier alpha value is -2.83. The van der Waals surface area contributed by atoms with E-state index in [0.717, 1.165) is 44.8 Å². The Bertz CT molecular complexity index is 952. The largest absolute Gasteiger partial charge is 0.351 e. The first kappa shape index (κ1) is 16.4. The van der Waals surface area contributed by atoms with E-state index in [2.05, 4.69) is 4.90 Å². The van der Waals surface area contributed by atoms with E-state index in [-0.39, 0.29) is 5.91 Å². The lowest BCUT2D eigenvalue weighted by Gasteiger charge is -2.35. The minimum absolute atomic E-state index is 0.179. The third kappa shape index (κ3) is 2.97. The summed E-state index contributed by atoms with van der Waals surface area (Å²) in [6, 6.07) is 3.90. The van der Waals surface area contributed by atoms with E-state index >= 15 is 0 Å². The van der Waals surface area contributed by atoms with Crippen molar-refractivity contribution in [2.75, 3.05) is 31.1 Å². The SMILES string of the molecule is O=C(Cn1cccc1)N1CCN(c2nccn3nc4c(c23)CCCC4)CC1. The molecule has 1 aliphatic heterocycles. The van der Waals surface area contributed by atoms with Gasteiger partial charge in [0.1, 0.15) is 12.1 Å². The lowest BCUT2D eigenvalue weighted by atomic mass is 9.97. The number of anilines is 1. The van der Waals surface area contributed by atoms with Crippen LogP contribution < -0.4 is 4.90 Å². The molecule has 0 N–H and O–H groups in total. The van der Waals surface area contributed by atoms with Crippen molar-refractivity contribution < 1.29 is 4.79 Å². The number of hydrogen-bond donors (Lipinski definition) is 0. The molecule has 2 aliphatic rings. The molecule has 7 nitrogen and oxygen atoms in total. The topological polar surface area (TPSA) is 58.7 Å². The zero-order valence-corrected chi connectivity index (χ0v) is 15.4. The maximum atomic E-state index is 12.5. The van der Waals surface area contributed by atoms with Crippen molar-refractivity contribution in [3.05, 3.63) is 48.2 Å². The monoisotopic (exact) mass is 364 g/mol. The standard InChI is InChI=1S/C20H24N6O/c27-18(15-23-8-3-4-9-23)24-11-13-25(14-12-24)20-19-16-5-1-2-6-17(16)22-26(19)10-7-21-20/h3-4,7-10H,1-2,5-6,11-15H2. The van der Waals surface area contributed by atoms with Crippen molar-refractivity contribution in [1.82, 2.24) is 24.1 Å². The molecular formula is C20H24N6O. The van der Waals surface area contributed by atoms with Gasteiger partial charge in [-0.3, -0.25) is 4.79 Å². The van der Waals surface area contributed by atoms with Crippen LogP contribution in [0, 0.1) is 0 Å². The summed E-state index contributed by atoms with van der Waals surface area (Å²) in [6.07, 6.45) is 12.3. The summed E-state index contributed by atoms with van der Waals surface area (Å²) in [5.74, 6) is 1.20. The zero-order valence-electron chi connectivity index (χ0n) is 15.4. The number of hydrogen-bond acceptors (Lipinski definition) is 4. The molecule has 0 unspecified atom stereocenters. The molecule has 0 atom stereocenters. The highest BCUT2D eigenvalue weighted by Crippen LogP contribution is 2.30. The quantitative estimate of drug-likeness (QED) is 0.711. The van der Waals surface area contributed by atoms with Gasteiger partial charge in [-0.1, -0.05) is 0 Å². The fraction of sp³-hybridized carbons (Fsp3) is 0.450. The summed E-state index contributed by atoms with van der Waals surface area (Å²) < 4.78 is 3.93. The van der Waals surface area contributed by atoms with Gasteiger partial charge in [-0.15, -0.1) is 0 Å². The van der Waals surface area contributed by atoms with E-state index in [1.54, 1.807) is 0 Å². The van der Waals surface area contributed by atoms with Crippen molar-refractivity contribution in [3.8, 4) is 0 Å². The van der Waals surface area contributed by atoms with Crippen molar-refractivity contribution in [2.24, 2.45) is 0 Å². The highest BCUT2D eigenvalue weighted by molar-refractivity contribution is 5.77. The van der Waals surface area contributed by atoms with Gasteiger partial charge in [0.25, 0.3) is 0 Å². The number of nitrogens with zero attached hydrogens (tertiary/aromatic N) is 6. The van der Waals surface area contributed by atoms with Gasteiger partial charge in [-0.05, 0) is 37.8 Å². The van der Waals surface area contributed by atoms with Crippen molar-refractivity contribution >= 4 is 17.2 Å². The maximum Gasteiger partial charge on any atom is 0.242 e. The Kier molecular flexibility index (Phi) is 4.07. The Morgan fingerprint density at radius 1 is 1.00 bits per heavy atom. The van der Waals surface area contributed by atoms with Gasteiger partial charge in [0, 0.05) is 56.5 Å². The molecule has 0 saturated carbocycles. The number of fused-ring (bicyclic) bond motifs is 3. The number of aryl methyl sites for hydroxylation is 2. The van der Waals surface area contributed by atoms with Gasteiger partial charge < -0.3 is 14.4 Å². The van der Waals surface area contributed by atoms with E-state index in [4.69, 9.17) is 10.1 Å². The first-order valence-corrected chi connectivity index (χ1v) is 9.78. The van der Waals surface area contributed by atoms with Gasteiger partial charge in [-0.2, -0.15) is 5.10 Å². The normalized spacial score (nSPS) is 17.3. The average molecular weight is 364 g/mol. The van der Waals surface area contributed by atoms with E-state index in [1.807, 2.05) is 50.9 Å². The molecule has 0 spiro atoms. The number of piperazine rings is 1. The molecule has 5 rings (SSSR count). The molecule has 0 bridgehead atoms. The smallest absolute Gasteiger partial charge is 0.242 e. The highest BCUT2D eigenvalue weighted by Gasteiger charge is 2.26. The first-order chi connectivity index (χ1) is 13.3. The highest BCUT2D eigenvalue weighted by atomic mass is 16.2. The molecule has 1 saturated heterocycles. The predicted molar refractivity (Wildman–Crippen MR) is 103 cm³/mol. The Balaban J connectivity index is 1.34. The summed E-state index contributed by atoms with van der Waals surface area (Å²) in [7, 11) is 0. The summed E-state index contributed by atoms with van der Waals surface area (Å²) in [6.45, 7) is 3.50. The van der Waals surface area contributed by atoms with Crippen LogP contribution in [0.25, 0.3) is 5.52 Å².